The van der Waals surface area contributed by atoms with Crippen LogP contribution in [-0.4, -0.2) is 51.6 Å². The fourth-order valence-corrected chi connectivity index (χ4v) is 1.98. The van der Waals surface area contributed by atoms with Crippen LogP contribution in [0.3, 0.4) is 0 Å². The van der Waals surface area contributed by atoms with Crippen LogP contribution in [0.2, 0.25) is 0 Å². The van der Waals surface area contributed by atoms with Crippen LogP contribution in [0.1, 0.15) is 0 Å². The van der Waals surface area contributed by atoms with E-state index in [-0.39, 0.29) is 6.09 Å². The van der Waals surface area contributed by atoms with E-state index in [0.717, 1.165) is 26.2 Å². The van der Waals surface area contributed by atoms with Gasteiger partial charge in [-0.3, -0.25) is 0 Å². The van der Waals surface area contributed by atoms with Crippen LogP contribution in [0, 0.1) is 0 Å². The number of halogens is 1. The minimum atomic E-state index is -0.917. The van der Waals surface area contributed by atoms with E-state index in [2.05, 4.69) is 15.2 Å². The molecule has 1 fully saturated rings. The van der Waals surface area contributed by atoms with Crippen molar-refractivity contribution in [1.29, 1.82) is 0 Å². The number of carbonyl (C=O) groups is 1. The van der Waals surface area contributed by atoms with Crippen LogP contribution in [0.15, 0.2) is 0 Å². The first kappa shape index (κ1) is 11.0. The van der Waals surface area contributed by atoms with Gasteiger partial charge in [0.25, 0.3) is 0 Å². The summed E-state index contributed by atoms with van der Waals surface area (Å²) in [6, 6.07) is 0. The number of hydrogen-bond acceptors (Lipinski definition) is 3. The molecule has 0 saturated carbocycles. The Morgan fingerprint density at radius 1 is 1.46 bits per heavy atom. The third-order valence-corrected chi connectivity index (χ3v) is 3.33. The Balaban J connectivity index is 2.21. The standard InChI is InChI=1S/C8H17IN2O2/c1-9(2)7-13-8(12)11-5-3-10-4-6-11/h10H,3-7H2,1-2H3. The maximum absolute atomic E-state index is 11.4. The molecule has 1 heterocycles. The summed E-state index contributed by atoms with van der Waals surface area (Å²) in [6.07, 6.45) is -0.132. The summed E-state index contributed by atoms with van der Waals surface area (Å²) in [7, 11) is 0. The van der Waals surface area contributed by atoms with Gasteiger partial charge in [-0.2, -0.15) is 0 Å². The average Bonchev–Trinajstić information content (AvgIpc) is 2.15. The van der Waals surface area contributed by atoms with Crippen molar-refractivity contribution in [2.24, 2.45) is 0 Å². The van der Waals surface area contributed by atoms with E-state index in [1.54, 1.807) is 4.90 Å². The fourth-order valence-electron chi connectivity index (χ4n) is 1.09. The van der Waals surface area contributed by atoms with Gasteiger partial charge in [-0.05, 0) is 0 Å². The summed E-state index contributed by atoms with van der Waals surface area (Å²) in [5.41, 5.74) is 0. The quantitative estimate of drug-likeness (QED) is 0.604. The van der Waals surface area contributed by atoms with Gasteiger partial charge in [0, 0.05) is 0 Å². The minimum absolute atomic E-state index is 0.132. The molecule has 1 rings (SSSR count). The first-order chi connectivity index (χ1) is 6.20. The Morgan fingerprint density at radius 3 is 2.62 bits per heavy atom. The molecule has 0 spiro atoms. The molecule has 13 heavy (non-hydrogen) atoms. The molecule has 1 aliphatic heterocycles. The molecule has 0 aromatic rings. The number of ether oxygens (including phenoxy) is 1. The third kappa shape index (κ3) is 4.12. The summed E-state index contributed by atoms with van der Waals surface area (Å²) < 4.78 is 5.85. The molecule has 1 N–H and O–H groups in total. The number of piperazine rings is 1. The molecule has 1 amide bonds. The van der Waals surface area contributed by atoms with Crippen LogP contribution in [0.5, 0.6) is 0 Å². The Morgan fingerprint density at radius 2 is 2.08 bits per heavy atom. The molecule has 0 aliphatic carbocycles. The Bertz CT molecular complexity index is 170. The van der Waals surface area contributed by atoms with Crippen LogP contribution in [0.25, 0.3) is 0 Å². The summed E-state index contributed by atoms with van der Waals surface area (Å²) in [5, 5.41) is 3.19. The number of nitrogens with zero attached hydrogens (tertiary/aromatic N) is 1. The molecule has 0 unspecified atom stereocenters. The van der Waals surface area contributed by atoms with Crippen molar-refractivity contribution in [3.05, 3.63) is 0 Å². The van der Waals surface area contributed by atoms with Gasteiger partial charge < -0.3 is 0 Å². The second-order valence-electron chi connectivity index (χ2n) is 3.17. The molecule has 0 aromatic carbocycles. The van der Waals surface area contributed by atoms with Gasteiger partial charge in [0.05, 0.1) is 0 Å². The van der Waals surface area contributed by atoms with Crippen molar-refractivity contribution in [3.8, 4) is 0 Å². The molecular formula is C8H17IN2O2. The first-order valence-corrected chi connectivity index (χ1v) is 10.1. The number of alkyl halides is 3. The molecule has 78 valence electrons. The van der Waals surface area contributed by atoms with Gasteiger partial charge in [-0.25, -0.2) is 0 Å². The summed E-state index contributed by atoms with van der Waals surface area (Å²) in [6.45, 7) is 3.33. The number of hydrogen-bond donors (Lipinski definition) is 1. The zero-order chi connectivity index (χ0) is 9.68. The van der Waals surface area contributed by atoms with E-state index >= 15 is 0 Å². The van der Waals surface area contributed by atoms with Gasteiger partial charge in [-0.15, -0.1) is 0 Å². The zero-order valence-electron chi connectivity index (χ0n) is 8.18. The van der Waals surface area contributed by atoms with Crippen molar-refractivity contribution in [2.75, 3.05) is 40.7 Å². The molecular weight excluding hydrogens is 283 g/mol. The molecule has 4 nitrogen and oxygen atoms in total. The van der Waals surface area contributed by atoms with Crippen LogP contribution in [0.4, 0.5) is 4.79 Å². The van der Waals surface area contributed by atoms with Gasteiger partial charge >= 0.3 is 86.3 Å². The number of nitrogens with one attached hydrogen (secondary N) is 1. The van der Waals surface area contributed by atoms with E-state index in [1.165, 1.54) is 0 Å². The molecule has 5 heteroatoms. The van der Waals surface area contributed by atoms with Crippen LogP contribution in [-0.2, 0) is 4.74 Å². The van der Waals surface area contributed by atoms with Crippen molar-refractivity contribution in [3.63, 3.8) is 0 Å². The number of carbonyl (C=O) groups excluding carboxylic acids is 1. The van der Waals surface area contributed by atoms with E-state index < -0.39 is 19.8 Å². The molecule has 1 aliphatic rings. The zero-order valence-corrected chi connectivity index (χ0v) is 10.3. The third-order valence-electron chi connectivity index (χ3n) is 1.77. The Labute approximate surface area is 86.4 Å². The van der Waals surface area contributed by atoms with Crippen molar-refractivity contribution in [1.82, 2.24) is 10.2 Å². The molecule has 0 bridgehead atoms. The molecule has 1 saturated heterocycles. The maximum atomic E-state index is 11.4. The van der Waals surface area contributed by atoms with Gasteiger partial charge in [0.15, 0.2) is 0 Å². The topological polar surface area (TPSA) is 41.6 Å². The second-order valence-corrected chi connectivity index (χ2v) is 9.00. The average molecular weight is 300 g/mol. The van der Waals surface area contributed by atoms with Crippen LogP contribution < -0.4 is 5.32 Å². The summed E-state index contributed by atoms with van der Waals surface area (Å²) in [5.74, 6) is 0. The van der Waals surface area contributed by atoms with E-state index in [0.29, 0.717) is 4.61 Å². The van der Waals surface area contributed by atoms with Gasteiger partial charge in [0.1, 0.15) is 0 Å². The number of rotatable bonds is 2. The van der Waals surface area contributed by atoms with Crippen molar-refractivity contribution >= 4 is 25.9 Å². The predicted octanol–water partition coefficient (Wildman–Crippen LogP) is 0.752. The van der Waals surface area contributed by atoms with Gasteiger partial charge in [-0.1, -0.05) is 0 Å². The van der Waals surface area contributed by atoms with Crippen LogP contribution >= 0.6 is 19.8 Å². The fraction of sp³-hybridized carbons (Fsp3) is 0.875. The number of amides is 1. The second kappa shape index (κ2) is 5.64. The van der Waals surface area contributed by atoms with E-state index in [9.17, 15) is 4.79 Å². The molecule has 0 aromatic heterocycles. The molecule has 0 atom stereocenters. The predicted molar refractivity (Wildman–Crippen MR) is 61.7 cm³/mol. The Kier molecular flexibility index (Phi) is 4.79. The van der Waals surface area contributed by atoms with Crippen molar-refractivity contribution in [2.45, 2.75) is 0 Å². The van der Waals surface area contributed by atoms with E-state index in [4.69, 9.17) is 4.74 Å². The van der Waals surface area contributed by atoms with Crippen molar-refractivity contribution < 1.29 is 9.53 Å². The Hall–Kier alpha value is -0.0400. The monoisotopic (exact) mass is 300 g/mol. The first-order valence-electron chi connectivity index (χ1n) is 4.28. The van der Waals surface area contributed by atoms with E-state index in [1.807, 2.05) is 0 Å². The molecule has 0 radical (unpaired) electrons. The normalized spacial score (nSPS) is 18.3. The summed E-state index contributed by atoms with van der Waals surface area (Å²) in [4.78, 5) is 17.6. The summed E-state index contributed by atoms with van der Waals surface area (Å²) >= 11 is -0.917. The van der Waals surface area contributed by atoms with Gasteiger partial charge in [0.2, 0.25) is 0 Å². The SMILES string of the molecule is CI(C)COC(=O)N1CCNCC1.